The topological polar surface area (TPSA) is 65.4 Å². The minimum Gasteiger partial charge on any atom is -0.397 e. The van der Waals surface area contributed by atoms with Gasteiger partial charge >= 0.3 is 0 Å². The number of para-hydroxylation sites is 1. The van der Waals surface area contributed by atoms with E-state index in [2.05, 4.69) is 24.0 Å². The molecule has 2 aromatic rings. The lowest BCUT2D eigenvalue weighted by Crippen LogP contribution is -2.44. The quantitative estimate of drug-likeness (QED) is 0.829. The van der Waals surface area contributed by atoms with Crippen molar-refractivity contribution in [2.24, 2.45) is 0 Å². The summed E-state index contributed by atoms with van der Waals surface area (Å²) in [6.07, 6.45) is 2.06. The maximum Gasteiger partial charge on any atom is 0.270 e. The number of amides is 1. The van der Waals surface area contributed by atoms with Gasteiger partial charge in [-0.3, -0.25) is 4.79 Å². The molecule has 0 saturated carbocycles. The van der Waals surface area contributed by atoms with Gasteiger partial charge in [0.1, 0.15) is 5.69 Å². The van der Waals surface area contributed by atoms with Gasteiger partial charge in [0, 0.05) is 24.5 Å². The Bertz CT molecular complexity index is 653. The average molecular weight is 286 g/mol. The van der Waals surface area contributed by atoms with E-state index in [9.17, 15) is 4.79 Å². The van der Waals surface area contributed by atoms with E-state index in [0.717, 1.165) is 36.8 Å². The van der Waals surface area contributed by atoms with E-state index in [1.165, 1.54) is 0 Å². The SMILES string of the molecule is CN(C)C1CCN(C(=O)c2cc3cccc(N)c3[nH]2)CC1. The first-order valence-electron chi connectivity index (χ1n) is 7.39. The Kier molecular flexibility index (Phi) is 3.59. The number of H-pyrrole nitrogens is 1. The highest BCUT2D eigenvalue weighted by molar-refractivity contribution is 6.00. The summed E-state index contributed by atoms with van der Waals surface area (Å²) in [6, 6.07) is 8.19. The maximum atomic E-state index is 12.6. The minimum absolute atomic E-state index is 0.0720. The van der Waals surface area contributed by atoms with Crippen molar-refractivity contribution in [3.8, 4) is 0 Å². The Morgan fingerprint density at radius 2 is 2.05 bits per heavy atom. The number of nitrogens with two attached hydrogens (primary N) is 1. The lowest BCUT2D eigenvalue weighted by Gasteiger charge is -2.35. The molecule has 5 nitrogen and oxygen atoms in total. The third-order valence-corrected chi connectivity index (χ3v) is 4.40. The number of hydrogen-bond acceptors (Lipinski definition) is 3. The predicted octanol–water partition coefficient (Wildman–Crippen LogP) is 1.92. The smallest absolute Gasteiger partial charge is 0.270 e. The van der Waals surface area contributed by atoms with Crippen molar-refractivity contribution in [2.45, 2.75) is 18.9 Å². The number of nitrogens with zero attached hydrogens (tertiary/aromatic N) is 2. The fraction of sp³-hybridized carbons (Fsp3) is 0.438. The first kappa shape index (κ1) is 13.9. The van der Waals surface area contributed by atoms with Gasteiger partial charge in [-0.2, -0.15) is 0 Å². The molecule has 1 aromatic carbocycles. The summed E-state index contributed by atoms with van der Waals surface area (Å²) >= 11 is 0. The molecule has 112 valence electrons. The molecule has 1 saturated heterocycles. The second-order valence-corrected chi connectivity index (χ2v) is 5.98. The first-order valence-corrected chi connectivity index (χ1v) is 7.39. The summed E-state index contributed by atoms with van der Waals surface area (Å²) in [4.78, 5) is 19.9. The Morgan fingerprint density at radius 1 is 1.33 bits per heavy atom. The standard InChI is InChI=1S/C16H22N4O/c1-19(2)12-6-8-20(9-7-12)16(21)14-10-11-4-3-5-13(17)15(11)18-14/h3-5,10,12,18H,6-9,17H2,1-2H3. The molecule has 21 heavy (non-hydrogen) atoms. The fourth-order valence-electron chi connectivity index (χ4n) is 3.05. The fourth-order valence-corrected chi connectivity index (χ4v) is 3.05. The van der Waals surface area contributed by atoms with E-state index in [4.69, 9.17) is 5.73 Å². The van der Waals surface area contributed by atoms with E-state index in [1.54, 1.807) is 0 Å². The van der Waals surface area contributed by atoms with Crippen LogP contribution in [0, 0.1) is 0 Å². The summed E-state index contributed by atoms with van der Waals surface area (Å²) in [7, 11) is 4.20. The molecule has 0 spiro atoms. The largest absolute Gasteiger partial charge is 0.397 e. The molecule has 1 aliphatic rings. The molecule has 5 heteroatoms. The number of nitrogen functional groups attached to an aromatic ring is 1. The van der Waals surface area contributed by atoms with Crippen molar-refractivity contribution >= 4 is 22.5 Å². The van der Waals surface area contributed by atoms with E-state index in [-0.39, 0.29) is 5.91 Å². The number of fused-ring (bicyclic) bond motifs is 1. The minimum atomic E-state index is 0.0720. The molecular formula is C16H22N4O. The molecule has 0 radical (unpaired) electrons. The van der Waals surface area contributed by atoms with Crippen LogP contribution >= 0.6 is 0 Å². The van der Waals surface area contributed by atoms with Crippen molar-refractivity contribution in [3.05, 3.63) is 30.0 Å². The summed E-state index contributed by atoms with van der Waals surface area (Å²) in [5, 5.41) is 0.988. The Balaban J connectivity index is 1.77. The molecular weight excluding hydrogens is 264 g/mol. The van der Waals surface area contributed by atoms with E-state index >= 15 is 0 Å². The van der Waals surface area contributed by atoms with E-state index < -0.39 is 0 Å². The number of carbonyl (C=O) groups is 1. The van der Waals surface area contributed by atoms with Crippen LogP contribution in [0.4, 0.5) is 5.69 Å². The second-order valence-electron chi connectivity index (χ2n) is 5.98. The van der Waals surface area contributed by atoms with Crippen LogP contribution in [0.2, 0.25) is 0 Å². The van der Waals surface area contributed by atoms with Crippen LogP contribution < -0.4 is 5.73 Å². The van der Waals surface area contributed by atoms with Gasteiger partial charge in [0.15, 0.2) is 0 Å². The molecule has 0 unspecified atom stereocenters. The van der Waals surface area contributed by atoms with Gasteiger partial charge in [-0.05, 0) is 39.1 Å². The van der Waals surface area contributed by atoms with Crippen molar-refractivity contribution < 1.29 is 4.79 Å². The number of hydrogen-bond donors (Lipinski definition) is 2. The predicted molar refractivity (Wildman–Crippen MR) is 85.3 cm³/mol. The maximum absolute atomic E-state index is 12.6. The van der Waals surface area contributed by atoms with Gasteiger partial charge in [0.2, 0.25) is 0 Å². The highest BCUT2D eigenvalue weighted by Crippen LogP contribution is 2.23. The Morgan fingerprint density at radius 3 is 2.67 bits per heavy atom. The number of aromatic nitrogens is 1. The van der Waals surface area contributed by atoms with Crippen LogP contribution in [0.5, 0.6) is 0 Å². The number of anilines is 1. The molecule has 1 aromatic heterocycles. The number of likely N-dealkylation sites (tertiary alicyclic amines) is 1. The molecule has 2 heterocycles. The summed E-state index contributed by atoms with van der Waals surface area (Å²) in [5.74, 6) is 0.0720. The van der Waals surface area contributed by atoms with Crippen LogP contribution in [-0.4, -0.2) is 53.9 Å². The average Bonchev–Trinajstić information content (AvgIpc) is 2.92. The van der Waals surface area contributed by atoms with Crippen LogP contribution in [0.3, 0.4) is 0 Å². The van der Waals surface area contributed by atoms with E-state index in [0.29, 0.717) is 17.4 Å². The highest BCUT2D eigenvalue weighted by Gasteiger charge is 2.25. The highest BCUT2D eigenvalue weighted by atomic mass is 16.2. The molecule has 3 N–H and O–H groups in total. The van der Waals surface area contributed by atoms with Crippen molar-refractivity contribution in [1.82, 2.24) is 14.8 Å². The monoisotopic (exact) mass is 286 g/mol. The van der Waals surface area contributed by atoms with Gasteiger partial charge in [-0.15, -0.1) is 0 Å². The molecule has 1 fully saturated rings. The van der Waals surface area contributed by atoms with Gasteiger partial charge in [0.05, 0.1) is 11.2 Å². The lowest BCUT2D eigenvalue weighted by atomic mass is 10.0. The zero-order valence-corrected chi connectivity index (χ0v) is 12.6. The number of aromatic amines is 1. The number of benzene rings is 1. The number of carbonyl (C=O) groups excluding carboxylic acids is 1. The third-order valence-electron chi connectivity index (χ3n) is 4.40. The Labute approximate surface area is 124 Å². The van der Waals surface area contributed by atoms with Gasteiger partial charge in [-0.1, -0.05) is 12.1 Å². The summed E-state index contributed by atoms with van der Waals surface area (Å²) in [5.41, 5.74) is 8.10. The molecule has 1 aliphatic heterocycles. The summed E-state index contributed by atoms with van der Waals surface area (Å²) < 4.78 is 0. The third kappa shape index (κ3) is 2.61. The van der Waals surface area contributed by atoms with Gasteiger partial charge in [0.25, 0.3) is 5.91 Å². The summed E-state index contributed by atoms with van der Waals surface area (Å²) in [6.45, 7) is 1.62. The van der Waals surface area contributed by atoms with Crippen LogP contribution in [0.25, 0.3) is 10.9 Å². The zero-order chi connectivity index (χ0) is 15.0. The molecule has 0 aliphatic carbocycles. The van der Waals surface area contributed by atoms with Crippen LogP contribution in [0.15, 0.2) is 24.3 Å². The van der Waals surface area contributed by atoms with Gasteiger partial charge < -0.3 is 20.5 Å². The normalized spacial score (nSPS) is 16.8. The van der Waals surface area contributed by atoms with E-state index in [1.807, 2.05) is 29.2 Å². The lowest BCUT2D eigenvalue weighted by molar-refractivity contribution is 0.0658. The van der Waals surface area contributed by atoms with Crippen molar-refractivity contribution in [1.29, 1.82) is 0 Å². The zero-order valence-electron chi connectivity index (χ0n) is 12.6. The van der Waals surface area contributed by atoms with Crippen LogP contribution in [0.1, 0.15) is 23.3 Å². The van der Waals surface area contributed by atoms with Gasteiger partial charge in [-0.25, -0.2) is 0 Å². The number of piperidine rings is 1. The molecule has 0 atom stereocenters. The number of rotatable bonds is 2. The first-order chi connectivity index (χ1) is 10.1. The Hall–Kier alpha value is -2.01. The number of nitrogens with one attached hydrogen (secondary N) is 1. The second kappa shape index (κ2) is 5.41. The molecule has 3 rings (SSSR count). The van der Waals surface area contributed by atoms with Crippen molar-refractivity contribution in [2.75, 3.05) is 32.9 Å². The van der Waals surface area contributed by atoms with Crippen LogP contribution in [-0.2, 0) is 0 Å². The van der Waals surface area contributed by atoms with Crippen molar-refractivity contribution in [3.63, 3.8) is 0 Å². The molecule has 0 bridgehead atoms. The molecule has 1 amide bonds.